The van der Waals surface area contributed by atoms with E-state index in [9.17, 15) is 4.79 Å². The number of rotatable bonds is 3. The Morgan fingerprint density at radius 3 is 2.39 bits per heavy atom. The third-order valence-electron chi connectivity index (χ3n) is 3.29. The lowest BCUT2D eigenvalue weighted by Crippen LogP contribution is -2.27. The Morgan fingerprint density at radius 2 is 1.78 bits per heavy atom. The molecule has 1 amide bonds. The Hall–Kier alpha value is -1.82. The van der Waals surface area contributed by atoms with E-state index >= 15 is 0 Å². The molecule has 3 nitrogen and oxygen atoms in total. The molecule has 2 aromatic carbocycles. The molecule has 6 heteroatoms. The number of carbonyl (C=O) groups excluding carboxylic acids is 1. The van der Waals surface area contributed by atoms with Gasteiger partial charge in [0.2, 0.25) is 0 Å². The fourth-order valence-electron chi connectivity index (χ4n) is 2.13. The summed E-state index contributed by atoms with van der Waals surface area (Å²) in [7, 11) is 1.62. The van der Waals surface area contributed by atoms with E-state index in [0.29, 0.717) is 14.2 Å². The van der Waals surface area contributed by atoms with Gasteiger partial charge in [0, 0.05) is 5.02 Å². The number of anilines is 1. The molecule has 1 saturated heterocycles. The van der Waals surface area contributed by atoms with Crippen LogP contribution in [0.4, 0.5) is 5.69 Å². The Balaban J connectivity index is 1.88. The highest BCUT2D eigenvalue weighted by Gasteiger charge is 2.33. The highest BCUT2D eigenvalue weighted by Crippen LogP contribution is 2.36. The standard InChI is InChI=1S/C17H12ClNO2S2/c1-21-14-8-2-11(3-9-14)10-15-16(20)19(17(22)23-15)13-6-4-12(18)5-7-13/h2-10H,1H3/b15-10-. The third-order valence-corrected chi connectivity index (χ3v) is 4.85. The molecule has 0 aliphatic carbocycles. The number of nitrogens with zero attached hydrogens (tertiary/aromatic N) is 1. The van der Waals surface area contributed by atoms with Crippen molar-refractivity contribution in [1.82, 2.24) is 0 Å². The SMILES string of the molecule is COc1ccc(/C=C2\SC(=S)N(c3ccc(Cl)cc3)C2=O)cc1. The molecule has 0 bridgehead atoms. The monoisotopic (exact) mass is 361 g/mol. The normalized spacial score (nSPS) is 16.3. The summed E-state index contributed by atoms with van der Waals surface area (Å²) in [5.41, 5.74) is 1.64. The molecule has 0 radical (unpaired) electrons. The molecule has 0 aromatic heterocycles. The minimum absolute atomic E-state index is 0.127. The number of hydrogen-bond donors (Lipinski definition) is 0. The minimum atomic E-state index is -0.127. The van der Waals surface area contributed by atoms with Gasteiger partial charge < -0.3 is 4.74 Å². The highest BCUT2D eigenvalue weighted by atomic mass is 35.5. The Morgan fingerprint density at radius 1 is 1.13 bits per heavy atom. The fraction of sp³-hybridized carbons (Fsp3) is 0.0588. The average molecular weight is 362 g/mol. The van der Waals surface area contributed by atoms with Crippen molar-refractivity contribution in [3.63, 3.8) is 0 Å². The van der Waals surface area contributed by atoms with Crippen molar-refractivity contribution in [2.24, 2.45) is 0 Å². The number of methoxy groups -OCH3 is 1. The van der Waals surface area contributed by atoms with Crippen LogP contribution < -0.4 is 9.64 Å². The van der Waals surface area contributed by atoms with Crippen molar-refractivity contribution in [2.75, 3.05) is 12.0 Å². The van der Waals surface area contributed by atoms with Gasteiger partial charge in [0.05, 0.1) is 17.7 Å². The van der Waals surface area contributed by atoms with Crippen molar-refractivity contribution in [2.45, 2.75) is 0 Å². The lowest BCUT2D eigenvalue weighted by Gasteiger charge is -2.14. The fourth-order valence-corrected chi connectivity index (χ4v) is 3.56. The zero-order valence-electron chi connectivity index (χ0n) is 12.2. The highest BCUT2D eigenvalue weighted by molar-refractivity contribution is 8.27. The summed E-state index contributed by atoms with van der Waals surface area (Å²) in [5, 5.41) is 0.618. The number of thioether (sulfide) groups is 1. The average Bonchev–Trinajstić information content (AvgIpc) is 2.83. The van der Waals surface area contributed by atoms with Crippen LogP contribution in [-0.2, 0) is 4.79 Å². The summed E-state index contributed by atoms with van der Waals surface area (Å²) in [5.74, 6) is 0.647. The molecular weight excluding hydrogens is 350 g/mol. The first-order chi connectivity index (χ1) is 11.1. The number of benzene rings is 2. The Bertz CT molecular complexity index is 785. The molecule has 0 spiro atoms. The van der Waals surface area contributed by atoms with Gasteiger partial charge in [0.15, 0.2) is 4.32 Å². The van der Waals surface area contributed by atoms with Crippen LogP contribution in [0.15, 0.2) is 53.4 Å². The first-order valence-electron chi connectivity index (χ1n) is 6.76. The molecule has 2 aromatic rings. The van der Waals surface area contributed by atoms with Crippen LogP contribution in [0.5, 0.6) is 5.75 Å². The number of amides is 1. The Labute approximate surface area is 148 Å². The van der Waals surface area contributed by atoms with Crippen LogP contribution in [-0.4, -0.2) is 17.3 Å². The molecule has 1 aliphatic heterocycles. The van der Waals surface area contributed by atoms with Gasteiger partial charge in [-0.25, -0.2) is 0 Å². The molecule has 3 rings (SSSR count). The molecular formula is C17H12ClNO2S2. The van der Waals surface area contributed by atoms with Crippen molar-refractivity contribution in [3.05, 3.63) is 64.0 Å². The lowest BCUT2D eigenvalue weighted by molar-refractivity contribution is -0.113. The molecule has 0 N–H and O–H groups in total. The van der Waals surface area contributed by atoms with Crippen LogP contribution in [0, 0.1) is 0 Å². The molecule has 0 unspecified atom stereocenters. The Kier molecular flexibility index (Phi) is 4.71. The largest absolute Gasteiger partial charge is 0.497 e. The van der Waals surface area contributed by atoms with E-state index in [1.54, 1.807) is 31.4 Å². The van der Waals surface area contributed by atoms with E-state index < -0.39 is 0 Å². The topological polar surface area (TPSA) is 29.5 Å². The second-order valence-corrected chi connectivity index (χ2v) is 6.88. The smallest absolute Gasteiger partial charge is 0.270 e. The molecule has 1 heterocycles. The van der Waals surface area contributed by atoms with Crippen LogP contribution in [0.25, 0.3) is 6.08 Å². The van der Waals surface area contributed by atoms with Gasteiger partial charge in [-0.15, -0.1) is 0 Å². The summed E-state index contributed by atoms with van der Waals surface area (Å²) < 4.78 is 5.64. The quantitative estimate of drug-likeness (QED) is 0.582. The van der Waals surface area contributed by atoms with Gasteiger partial charge in [-0.1, -0.05) is 47.7 Å². The minimum Gasteiger partial charge on any atom is -0.497 e. The van der Waals surface area contributed by atoms with E-state index in [2.05, 4.69) is 0 Å². The third kappa shape index (κ3) is 3.42. The van der Waals surface area contributed by atoms with E-state index in [4.69, 9.17) is 28.6 Å². The summed E-state index contributed by atoms with van der Waals surface area (Å²) in [6, 6.07) is 14.5. The summed E-state index contributed by atoms with van der Waals surface area (Å²) in [6.45, 7) is 0. The van der Waals surface area contributed by atoms with E-state index in [0.717, 1.165) is 17.0 Å². The first-order valence-corrected chi connectivity index (χ1v) is 8.36. The zero-order valence-corrected chi connectivity index (χ0v) is 14.5. The summed E-state index contributed by atoms with van der Waals surface area (Å²) in [6.07, 6.45) is 1.83. The maximum absolute atomic E-state index is 12.6. The van der Waals surface area contributed by atoms with Crippen LogP contribution in [0.1, 0.15) is 5.56 Å². The van der Waals surface area contributed by atoms with Gasteiger partial charge >= 0.3 is 0 Å². The number of ether oxygens (including phenoxy) is 1. The predicted molar refractivity (Wildman–Crippen MR) is 100 cm³/mol. The van der Waals surface area contributed by atoms with Crippen LogP contribution in [0.2, 0.25) is 5.02 Å². The van der Waals surface area contributed by atoms with Crippen molar-refractivity contribution < 1.29 is 9.53 Å². The van der Waals surface area contributed by atoms with Gasteiger partial charge in [0.1, 0.15) is 5.75 Å². The van der Waals surface area contributed by atoms with Gasteiger partial charge in [0.25, 0.3) is 5.91 Å². The van der Waals surface area contributed by atoms with Gasteiger partial charge in [-0.2, -0.15) is 0 Å². The maximum atomic E-state index is 12.6. The molecule has 0 saturated carbocycles. The second kappa shape index (κ2) is 6.74. The lowest BCUT2D eigenvalue weighted by atomic mass is 10.2. The summed E-state index contributed by atoms with van der Waals surface area (Å²) >= 11 is 12.5. The molecule has 1 aliphatic rings. The van der Waals surface area contributed by atoms with Crippen LogP contribution >= 0.6 is 35.6 Å². The van der Waals surface area contributed by atoms with Crippen molar-refractivity contribution in [1.29, 1.82) is 0 Å². The van der Waals surface area contributed by atoms with Crippen molar-refractivity contribution in [3.8, 4) is 5.75 Å². The number of carbonyl (C=O) groups is 1. The molecule has 1 fully saturated rings. The first kappa shape index (κ1) is 16.1. The van der Waals surface area contributed by atoms with Gasteiger partial charge in [-0.3, -0.25) is 9.69 Å². The summed E-state index contributed by atoms with van der Waals surface area (Å²) in [4.78, 5) is 14.7. The predicted octanol–water partition coefficient (Wildman–Crippen LogP) is 4.75. The van der Waals surface area contributed by atoms with E-state index in [1.807, 2.05) is 30.3 Å². The molecule has 0 atom stereocenters. The van der Waals surface area contributed by atoms with E-state index in [1.165, 1.54) is 16.7 Å². The molecule has 23 heavy (non-hydrogen) atoms. The number of hydrogen-bond acceptors (Lipinski definition) is 4. The van der Waals surface area contributed by atoms with Crippen molar-refractivity contribution >= 4 is 57.6 Å². The zero-order chi connectivity index (χ0) is 16.4. The number of thiocarbonyl (C=S) groups is 1. The van der Waals surface area contributed by atoms with Gasteiger partial charge in [-0.05, 0) is 48.0 Å². The van der Waals surface area contributed by atoms with Crippen LogP contribution in [0.3, 0.4) is 0 Å². The van der Waals surface area contributed by atoms with E-state index in [-0.39, 0.29) is 5.91 Å². The maximum Gasteiger partial charge on any atom is 0.270 e. The number of halogens is 1. The second-order valence-electron chi connectivity index (χ2n) is 4.77. The molecule has 116 valence electrons.